The highest BCUT2D eigenvalue weighted by Gasteiger charge is 2.19. The molecule has 116 valence electrons. The number of benzene rings is 1. The predicted molar refractivity (Wildman–Crippen MR) is 83.7 cm³/mol. The lowest BCUT2D eigenvalue weighted by Crippen LogP contribution is -2.36. The van der Waals surface area contributed by atoms with E-state index in [9.17, 15) is 8.42 Å². The molecule has 1 rings (SSSR count). The van der Waals surface area contributed by atoms with Crippen LogP contribution in [0.3, 0.4) is 0 Å². The Balaban J connectivity index is 2.79. The lowest BCUT2D eigenvalue weighted by atomic mass is 10.1. The van der Waals surface area contributed by atoms with E-state index in [0.29, 0.717) is 11.4 Å². The van der Waals surface area contributed by atoms with Crippen LogP contribution in [0.1, 0.15) is 32.6 Å². The van der Waals surface area contributed by atoms with E-state index < -0.39 is 16.1 Å². The summed E-state index contributed by atoms with van der Waals surface area (Å²) in [7, 11) is -3.64. The van der Waals surface area contributed by atoms with Crippen LogP contribution >= 0.6 is 11.6 Å². The number of nitrogens with zero attached hydrogens (tertiary/aromatic N) is 3. The van der Waals surface area contributed by atoms with Gasteiger partial charge in [0, 0.05) is 22.5 Å². The number of sulfonamides is 1. The summed E-state index contributed by atoms with van der Waals surface area (Å²) in [4.78, 5) is 2.84. The van der Waals surface area contributed by atoms with Gasteiger partial charge in [0.25, 0.3) is 0 Å². The number of halogens is 1. The van der Waals surface area contributed by atoms with E-state index in [2.05, 4.69) is 21.7 Å². The molecule has 0 amide bonds. The third kappa shape index (κ3) is 6.35. The zero-order valence-electron chi connectivity index (χ0n) is 11.9. The van der Waals surface area contributed by atoms with E-state index in [0.717, 1.165) is 19.3 Å². The van der Waals surface area contributed by atoms with Crippen molar-refractivity contribution in [3.63, 3.8) is 0 Å². The molecule has 0 aliphatic carbocycles. The van der Waals surface area contributed by atoms with Crippen molar-refractivity contribution < 1.29 is 8.42 Å². The molecule has 1 unspecified atom stereocenters. The maximum atomic E-state index is 12.3. The van der Waals surface area contributed by atoms with Crippen molar-refractivity contribution in [3.05, 3.63) is 39.7 Å². The molecule has 0 heterocycles. The first kappa shape index (κ1) is 17.8. The lowest BCUT2D eigenvalue weighted by molar-refractivity contribution is 0.509. The fourth-order valence-corrected chi connectivity index (χ4v) is 3.25. The second-order valence-corrected chi connectivity index (χ2v) is 6.83. The molecule has 0 saturated carbocycles. The molecular formula is C13H19ClN4O2S. The van der Waals surface area contributed by atoms with Crippen LogP contribution in [0.2, 0.25) is 5.02 Å². The molecule has 21 heavy (non-hydrogen) atoms. The van der Waals surface area contributed by atoms with Crippen LogP contribution in [0.15, 0.2) is 34.3 Å². The highest BCUT2D eigenvalue weighted by molar-refractivity contribution is 7.89. The number of nitrogens with one attached hydrogen (secondary N) is 1. The average Bonchev–Trinajstić information content (AvgIpc) is 2.45. The van der Waals surface area contributed by atoms with Gasteiger partial charge in [0.05, 0.1) is 4.90 Å². The summed E-state index contributed by atoms with van der Waals surface area (Å²) in [5.41, 5.74) is 8.40. The molecular weight excluding hydrogens is 312 g/mol. The molecule has 6 nitrogen and oxygen atoms in total. The van der Waals surface area contributed by atoms with Crippen molar-refractivity contribution in [2.75, 3.05) is 6.54 Å². The van der Waals surface area contributed by atoms with Gasteiger partial charge in [-0.3, -0.25) is 0 Å². The lowest BCUT2D eigenvalue weighted by Gasteiger charge is -2.16. The highest BCUT2D eigenvalue weighted by Crippen LogP contribution is 2.15. The molecule has 8 heteroatoms. The van der Waals surface area contributed by atoms with E-state index in [-0.39, 0.29) is 11.4 Å². The van der Waals surface area contributed by atoms with Gasteiger partial charge in [0.15, 0.2) is 0 Å². The maximum absolute atomic E-state index is 12.3. The zero-order chi connectivity index (χ0) is 15.7. The van der Waals surface area contributed by atoms with Crippen molar-refractivity contribution in [1.29, 1.82) is 0 Å². The van der Waals surface area contributed by atoms with Gasteiger partial charge in [-0.2, -0.15) is 0 Å². The Morgan fingerprint density at radius 2 is 2.00 bits per heavy atom. The number of hydrogen-bond donors (Lipinski definition) is 1. The van der Waals surface area contributed by atoms with Crippen molar-refractivity contribution in [2.24, 2.45) is 5.11 Å². The standard InChI is InChI=1S/C13H19ClN4O2S/c1-2-3-4-5-12(10-16-18-15)17-21(19,20)13-8-6-11(14)7-9-13/h6-9,12,17H,2-5,10H2,1H3. The molecule has 0 spiro atoms. The van der Waals surface area contributed by atoms with Crippen LogP contribution in [-0.2, 0) is 10.0 Å². The molecule has 0 aliphatic rings. The van der Waals surface area contributed by atoms with E-state index >= 15 is 0 Å². The Morgan fingerprint density at radius 1 is 1.33 bits per heavy atom. The van der Waals surface area contributed by atoms with Crippen molar-refractivity contribution >= 4 is 21.6 Å². The van der Waals surface area contributed by atoms with Crippen LogP contribution in [0.25, 0.3) is 10.4 Å². The Kier molecular flexibility index (Phi) is 7.53. The summed E-state index contributed by atoms with van der Waals surface area (Å²) in [6.45, 7) is 2.17. The minimum Gasteiger partial charge on any atom is -0.208 e. The second-order valence-electron chi connectivity index (χ2n) is 4.68. The van der Waals surface area contributed by atoms with Crippen LogP contribution in [0.5, 0.6) is 0 Å². The highest BCUT2D eigenvalue weighted by atomic mass is 35.5. The minimum absolute atomic E-state index is 0.104. The molecule has 1 atom stereocenters. The molecule has 0 aliphatic heterocycles. The molecule has 1 N–H and O–H groups in total. The van der Waals surface area contributed by atoms with Crippen LogP contribution in [-0.4, -0.2) is 21.0 Å². The Hall–Kier alpha value is -1.27. The van der Waals surface area contributed by atoms with Gasteiger partial charge in [0.2, 0.25) is 10.0 Å². The normalized spacial score (nSPS) is 12.7. The Morgan fingerprint density at radius 3 is 2.57 bits per heavy atom. The largest absolute Gasteiger partial charge is 0.240 e. The van der Waals surface area contributed by atoms with Gasteiger partial charge in [0.1, 0.15) is 0 Å². The molecule has 0 aromatic heterocycles. The van der Waals surface area contributed by atoms with Crippen molar-refractivity contribution in [3.8, 4) is 0 Å². The van der Waals surface area contributed by atoms with Gasteiger partial charge < -0.3 is 0 Å². The zero-order valence-corrected chi connectivity index (χ0v) is 13.4. The number of azide groups is 1. The first-order valence-electron chi connectivity index (χ1n) is 6.78. The smallest absolute Gasteiger partial charge is 0.208 e. The van der Waals surface area contributed by atoms with Crippen molar-refractivity contribution in [1.82, 2.24) is 4.72 Å². The third-order valence-electron chi connectivity index (χ3n) is 2.97. The van der Waals surface area contributed by atoms with Gasteiger partial charge in [-0.05, 0) is 36.2 Å². The van der Waals surface area contributed by atoms with Crippen LogP contribution in [0, 0.1) is 0 Å². The monoisotopic (exact) mass is 330 g/mol. The van der Waals surface area contributed by atoms with Gasteiger partial charge in [-0.1, -0.05) is 42.9 Å². The minimum atomic E-state index is -3.64. The summed E-state index contributed by atoms with van der Waals surface area (Å²) in [5.74, 6) is 0. The maximum Gasteiger partial charge on any atom is 0.240 e. The average molecular weight is 331 g/mol. The van der Waals surface area contributed by atoms with E-state index in [1.165, 1.54) is 24.3 Å². The Bertz CT molecular complexity index is 583. The molecule has 0 saturated heterocycles. The summed E-state index contributed by atoms with van der Waals surface area (Å²) >= 11 is 5.75. The fraction of sp³-hybridized carbons (Fsp3) is 0.538. The summed E-state index contributed by atoms with van der Waals surface area (Å²) in [5, 5.41) is 3.95. The van der Waals surface area contributed by atoms with Gasteiger partial charge in [-0.15, -0.1) is 0 Å². The van der Waals surface area contributed by atoms with Gasteiger partial charge in [-0.25, -0.2) is 13.1 Å². The molecule has 0 radical (unpaired) electrons. The quantitative estimate of drug-likeness (QED) is 0.322. The number of rotatable bonds is 9. The second kappa shape index (κ2) is 8.89. The fourth-order valence-electron chi connectivity index (χ4n) is 1.86. The van der Waals surface area contributed by atoms with Crippen LogP contribution in [0.4, 0.5) is 0 Å². The SMILES string of the molecule is CCCCCC(CN=[N+]=[N-])NS(=O)(=O)c1ccc(Cl)cc1. The Labute approximate surface area is 130 Å². The van der Waals surface area contributed by atoms with Crippen LogP contribution < -0.4 is 4.72 Å². The number of hydrogen-bond acceptors (Lipinski definition) is 3. The first-order valence-corrected chi connectivity index (χ1v) is 8.64. The van der Waals surface area contributed by atoms with E-state index in [4.69, 9.17) is 17.1 Å². The number of unbranched alkanes of at least 4 members (excludes halogenated alkanes) is 2. The third-order valence-corrected chi connectivity index (χ3v) is 4.76. The summed E-state index contributed by atoms with van der Waals surface area (Å²) in [6.07, 6.45) is 3.57. The molecule has 0 bridgehead atoms. The summed E-state index contributed by atoms with van der Waals surface area (Å²) < 4.78 is 27.1. The predicted octanol–water partition coefficient (Wildman–Crippen LogP) is 3.88. The molecule has 1 aromatic carbocycles. The van der Waals surface area contributed by atoms with E-state index in [1.807, 2.05) is 0 Å². The van der Waals surface area contributed by atoms with Gasteiger partial charge >= 0.3 is 0 Å². The van der Waals surface area contributed by atoms with Crippen molar-refractivity contribution in [2.45, 2.75) is 43.5 Å². The molecule has 1 aromatic rings. The molecule has 0 fully saturated rings. The van der Waals surface area contributed by atoms with E-state index in [1.54, 1.807) is 0 Å². The summed E-state index contributed by atoms with van der Waals surface area (Å²) in [6, 6.07) is 5.54. The first-order chi connectivity index (χ1) is 9.99. The topological polar surface area (TPSA) is 94.9 Å².